The van der Waals surface area contributed by atoms with Crippen LogP contribution in [0.2, 0.25) is 0 Å². The van der Waals surface area contributed by atoms with Crippen molar-refractivity contribution in [3.63, 3.8) is 0 Å². The van der Waals surface area contributed by atoms with E-state index in [0.717, 1.165) is 5.56 Å². The third kappa shape index (κ3) is 2.90. The van der Waals surface area contributed by atoms with Crippen LogP contribution in [0.25, 0.3) is 0 Å². The van der Waals surface area contributed by atoms with Gasteiger partial charge in [0.25, 0.3) is 5.91 Å². The van der Waals surface area contributed by atoms with Crippen LogP contribution in [0.1, 0.15) is 40.2 Å². The summed E-state index contributed by atoms with van der Waals surface area (Å²) in [6.45, 7) is 4.19. The first kappa shape index (κ1) is 17.4. The van der Waals surface area contributed by atoms with Gasteiger partial charge in [-0.05, 0) is 31.0 Å². The van der Waals surface area contributed by atoms with Crippen molar-refractivity contribution >= 4 is 11.9 Å². The van der Waals surface area contributed by atoms with Crippen LogP contribution in [-0.4, -0.2) is 46.9 Å². The second kappa shape index (κ2) is 6.61. The molecule has 27 heavy (non-hydrogen) atoms. The lowest BCUT2D eigenvalue weighted by Gasteiger charge is -2.17. The number of fused-ring (bicyclic) bond motifs is 1. The molecule has 2 aromatic rings. The molecule has 8 heteroatoms. The van der Waals surface area contributed by atoms with Crippen LogP contribution in [0.3, 0.4) is 0 Å². The summed E-state index contributed by atoms with van der Waals surface area (Å²) in [5, 5.41) is 13.6. The Morgan fingerprint density at radius 1 is 1.26 bits per heavy atom. The van der Waals surface area contributed by atoms with Gasteiger partial charge in [0, 0.05) is 19.0 Å². The lowest BCUT2D eigenvalue weighted by molar-refractivity contribution is -0.141. The summed E-state index contributed by atoms with van der Waals surface area (Å²) in [5.41, 5.74) is 1.85. The maximum atomic E-state index is 13.0. The molecular formula is C19H20N2O6. The van der Waals surface area contributed by atoms with Gasteiger partial charge in [-0.25, -0.2) is 0 Å². The van der Waals surface area contributed by atoms with Gasteiger partial charge in [0.2, 0.25) is 6.79 Å². The molecule has 3 heterocycles. The average Bonchev–Trinajstić information content (AvgIpc) is 3.37. The largest absolute Gasteiger partial charge is 0.481 e. The number of carboxylic acids is 1. The highest BCUT2D eigenvalue weighted by atomic mass is 16.7. The summed E-state index contributed by atoms with van der Waals surface area (Å²) < 4.78 is 15.9. The molecule has 0 bridgehead atoms. The maximum absolute atomic E-state index is 13.0. The van der Waals surface area contributed by atoms with E-state index in [1.54, 1.807) is 24.0 Å². The minimum atomic E-state index is -0.925. The number of hydrogen-bond donors (Lipinski definition) is 1. The Bertz CT molecular complexity index is 906. The van der Waals surface area contributed by atoms with Crippen molar-refractivity contribution < 1.29 is 28.7 Å². The number of ether oxygens (including phenoxy) is 2. The topological polar surface area (TPSA) is 102 Å². The lowest BCUT2D eigenvalue weighted by Crippen LogP contribution is -2.30. The Morgan fingerprint density at radius 3 is 2.78 bits per heavy atom. The molecular weight excluding hydrogens is 352 g/mol. The van der Waals surface area contributed by atoms with Crippen molar-refractivity contribution in [3.8, 4) is 11.5 Å². The van der Waals surface area contributed by atoms with Gasteiger partial charge in [-0.15, -0.1) is 0 Å². The van der Waals surface area contributed by atoms with E-state index < -0.39 is 11.9 Å². The monoisotopic (exact) mass is 372 g/mol. The van der Waals surface area contributed by atoms with Crippen molar-refractivity contribution in [1.29, 1.82) is 0 Å². The number of rotatable bonds is 4. The summed E-state index contributed by atoms with van der Waals surface area (Å²) in [6.07, 6.45) is 0.570. The Labute approximate surface area is 155 Å². The highest BCUT2D eigenvalue weighted by Gasteiger charge is 2.42. The van der Waals surface area contributed by atoms with E-state index in [2.05, 4.69) is 5.16 Å². The number of aliphatic carboxylic acids is 1. The molecule has 1 aromatic heterocycles. The minimum Gasteiger partial charge on any atom is -0.481 e. The van der Waals surface area contributed by atoms with Crippen LogP contribution in [0.4, 0.5) is 0 Å². The van der Waals surface area contributed by atoms with Crippen LogP contribution < -0.4 is 9.47 Å². The molecule has 1 fully saturated rings. The zero-order valence-corrected chi connectivity index (χ0v) is 15.1. The minimum absolute atomic E-state index is 0.140. The molecule has 1 amide bonds. The van der Waals surface area contributed by atoms with Crippen molar-refractivity contribution in [3.05, 3.63) is 40.8 Å². The van der Waals surface area contributed by atoms with Crippen LogP contribution >= 0.6 is 0 Å². The normalized spacial score (nSPS) is 20.9. The first-order valence-corrected chi connectivity index (χ1v) is 8.86. The van der Waals surface area contributed by atoms with Crippen LogP contribution in [-0.2, 0) is 11.2 Å². The molecule has 0 spiro atoms. The summed E-state index contributed by atoms with van der Waals surface area (Å²) in [6, 6.07) is 5.42. The van der Waals surface area contributed by atoms with E-state index in [-0.39, 0.29) is 25.2 Å². The highest BCUT2D eigenvalue weighted by Crippen LogP contribution is 2.39. The molecule has 0 aliphatic carbocycles. The molecule has 142 valence electrons. The number of benzene rings is 1. The summed E-state index contributed by atoms with van der Waals surface area (Å²) in [5.74, 6) is -0.486. The number of hydrogen-bond acceptors (Lipinski definition) is 6. The number of aromatic nitrogens is 1. The van der Waals surface area contributed by atoms with E-state index in [1.165, 1.54) is 0 Å². The Kier molecular flexibility index (Phi) is 4.25. The first-order chi connectivity index (χ1) is 13.0. The number of carbonyl (C=O) groups is 2. The maximum Gasteiger partial charge on any atom is 0.308 e. The third-order valence-electron chi connectivity index (χ3n) is 5.23. The Balaban J connectivity index is 1.63. The molecule has 1 N–H and O–H groups in total. The fourth-order valence-corrected chi connectivity index (χ4v) is 3.79. The average molecular weight is 372 g/mol. The molecule has 2 atom stereocenters. The number of carbonyl (C=O) groups excluding carboxylic acids is 1. The summed E-state index contributed by atoms with van der Waals surface area (Å²) in [7, 11) is 0. The number of aryl methyl sites for hydroxylation is 2. The standard InChI is InChI=1S/C19H20N2O6/c1-3-14-17(10(2)27-20-14)18(22)21-7-12(13(8-21)19(23)24)11-4-5-15-16(6-11)26-9-25-15/h4-6,12-13H,3,7-9H2,1-2H3,(H,23,24)/t12-,13+/m1/s1. The predicted octanol–water partition coefficient (Wildman–Crippen LogP) is 2.21. The second-order valence-corrected chi connectivity index (χ2v) is 6.79. The fraction of sp³-hybridized carbons (Fsp3) is 0.421. The van der Waals surface area contributed by atoms with Gasteiger partial charge >= 0.3 is 5.97 Å². The molecule has 2 aliphatic heterocycles. The van der Waals surface area contributed by atoms with Crippen molar-refractivity contribution in [2.45, 2.75) is 26.2 Å². The van der Waals surface area contributed by atoms with E-state index in [4.69, 9.17) is 14.0 Å². The predicted molar refractivity (Wildman–Crippen MR) is 93.0 cm³/mol. The molecule has 0 unspecified atom stereocenters. The van der Waals surface area contributed by atoms with Crippen molar-refractivity contribution in [1.82, 2.24) is 10.1 Å². The van der Waals surface area contributed by atoms with Crippen molar-refractivity contribution in [2.24, 2.45) is 5.92 Å². The first-order valence-electron chi connectivity index (χ1n) is 8.86. The summed E-state index contributed by atoms with van der Waals surface area (Å²) >= 11 is 0. The van der Waals surface area contributed by atoms with Gasteiger partial charge in [0.15, 0.2) is 11.5 Å². The zero-order chi connectivity index (χ0) is 19.1. The number of nitrogens with zero attached hydrogens (tertiary/aromatic N) is 2. The van der Waals surface area contributed by atoms with E-state index in [0.29, 0.717) is 41.5 Å². The quantitative estimate of drug-likeness (QED) is 0.878. The Hall–Kier alpha value is -3.03. The molecule has 0 saturated carbocycles. The summed E-state index contributed by atoms with van der Waals surface area (Å²) in [4.78, 5) is 26.4. The van der Waals surface area contributed by atoms with Crippen LogP contribution in [0.15, 0.2) is 22.7 Å². The van der Waals surface area contributed by atoms with Gasteiger partial charge in [0.1, 0.15) is 11.3 Å². The second-order valence-electron chi connectivity index (χ2n) is 6.79. The fourth-order valence-electron chi connectivity index (χ4n) is 3.79. The molecule has 0 radical (unpaired) electrons. The molecule has 8 nitrogen and oxygen atoms in total. The highest BCUT2D eigenvalue weighted by molar-refractivity contribution is 5.97. The Morgan fingerprint density at radius 2 is 2.04 bits per heavy atom. The molecule has 1 saturated heterocycles. The number of carboxylic acid groups (broad SMARTS) is 1. The van der Waals surface area contributed by atoms with E-state index in [9.17, 15) is 14.7 Å². The number of likely N-dealkylation sites (tertiary alicyclic amines) is 1. The molecule has 4 rings (SSSR count). The van der Waals surface area contributed by atoms with Gasteiger partial charge < -0.3 is 24.0 Å². The van der Waals surface area contributed by atoms with Crippen molar-refractivity contribution in [2.75, 3.05) is 19.9 Å². The molecule has 1 aromatic carbocycles. The van der Waals surface area contributed by atoms with Gasteiger partial charge in [0.05, 0.1) is 11.6 Å². The third-order valence-corrected chi connectivity index (χ3v) is 5.23. The van der Waals surface area contributed by atoms with E-state index >= 15 is 0 Å². The van der Waals surface area contributed by atoms with Gasteiger partial charge in [-0.2, -0.15) is 0 Å². The lowest BCUT2D eigenvalue weighted by atomic mass is 9.89. The van der Waals surface area contributed by atoms with Gasteiger partial charge in [-0.3, -0.25) is 9.59 Å². The smallest absolute Gasteiger partial charge is 0.308 e. The van der Waals surface area contributed by atoms with Gasteiger partial charge in [-0.1, -0.05) is 18.1 Å². The van der Waals surface area contributed by atoms with Crippen LogP contribution in [0, 0.1) is 12.8 Å². The van der Waals surface area contributed by atoms with Crippen LogP contribution in [0.5, 0.6) is 11.5 Å². The van der Waals surface area contributed by atoms with E-state index in [1.807, 2.05) is 13.0 Å². The number of amides is 1. The SMILES string of the molecule is CCc1noc(C)c1C(=O)N1C[C@H](C(=O)O)[C@@H](c2ccc3c(c2)OCO3)C1. The zero-order valence-electron chi connectivity index (χ0n) is 15.1. The molecule has 2 aliphatic rings.